The number of nitrogens with zero attached hydrogens (tertiary/aromatic N) is 1. The summed E-state index contributed by atoms with van der Waals surface area (Å²) in [5.41, 5.74) is 3.41. The summed E-state index contributed by atoms with van der Waals surface area (Å²) in [6, 6.07) is 0.819. The topological polar surface area (TPSA) is 15.3 Å². The molecule has 0 amide bonds. The van der Waals surface area contributed by atoms with Gasteiger partial charge in [0.05, 0.1) is 0 Å². The van der Waals surface area contributed by atoms with Crippen LogP contribution in [-0.4, -0.2) is 24.1 Å². The Balaban J connectivity index is 2.27. The number of nitrogens with one attached hydrogen (secondary N) is 1. The van der Waals surface area contributed by atoms with E-state index in [0.29, 0.717) is 0 Å². The Hall–Kier alpha value is -0.0800. The van der Waals surface area contributed by atoms with Gasteiger partial charge in [-0.15, -0.1) is 0 Å². The van der Waals surface area contributed by atoms with Gasteiger partial charge in [0, 0.05) is 19.1 Å². The van der Waals surface area contributed by atoms with Gasteiger partial charge in [-0.3, -0.25) is 5.43 Å². The molecule has 0 radical (unpaired) electrons. The van der Waals surface area contributed by atoms with Gasteiger partial charge in [-0.05, 0) is 12.8 Å². The fourth-order valence-corrected chi connectivity index (χ4v) is 1.92. The molecule has 0 saturated heterocycles. The Bertz CT molecular complexity index is 97.7. The van der Waals surface area contributed by atoms with E-state index in [1.54, 1.807) is 0 Å². The lowest BCUT2D eigenvalue weighted by Crippen LogP contribution is -2.44. The van der Waals surface area contributed by atoms with Crippen molar-refractivity contribution in [2.75, 3.05) is 13.1 Å². The molecule has 66 valence electrons. The molecule has 1 aliphatic rings. The number of hydrogen-bond donors (Lipinski definition) is 1. The van der Waals surface area contributed by atoms with Crippen molar-refractivity contribution in [1.82, 2.24) is 10.4 Å². The first-order valence-electron chi connectivity index (χ1n) is 4.88. The van der Waals surface area contributed by atoms with Gasteiger partial charge in [-0.25, -0.2) is 5.01 Å². The van der Waals surface area contributed by atoms with E-state index in [2.05, 4.69) is 24.3 Å². The van der Waals surface area contributed by atoms with Crippen LogP contribution >= 0.6 is 0 Å². The van der Waals surface area contributed by atoms with Crippen LogP contribution in [0.25, 0.3) is 0 Å². The Morgan fingerprint density at radius 3 is 2.36 bits per heavy atom. The number of hydrazine groups is 1. The molecule has 0 bridgehead atoms. The molecule has 1 saturated carbocycles. The van der Waals surface area contributed by atoms with E-state index in [-0.39, 0.29) is 0 Å². The van der Waals surface area contributed by atoms with Crippen LogP contribution in [0.4, 0.5) is 0 Å². The second kappa shape index (κ2) is 4.73. The quantitative estimate of drug-likeness (QED) is 0.624. The van der Waals surface area contributed by atoms with Gasteiger partial charge in [0.15, 0.2) is 0 Å². The predicted octanol–water partition coefficient (Wildman–Crippen LogP) is 1.78. The van der Waals surface area contributed by atoms with Crippen LogP contribution in [0.1, 0.15) is 39.5 Å². The van der Waals surface area contributed by atoms with Crippen molar-refractivity contribution in [2.45, 2.75) is 45.6 Å². The van der Waals surface area contributed by atoms with E-state index in [9.17, 15) is 0 Å². The Morgan fingerprint density at radius 2 is 1.91 bits per heavy atom. The molecule has 0 aromatic rings. The zero-order valence-electron chi connectivity index (χ0n) is 7.77. The lowest BCUT2D eigenvalue weighted by molar-refractivity contribution is 0.138. The second-order valence-corrected chi connectivity index (χ2v) is 3.24. The smallest absolute Gasteiger partial charge is 0.0243 e. The molecule has 0 atom stereocenters. The Labute approximate surface area is 69.9 Å². The number of rotatable bonds is 4. The van der Waals surface area contributed by atoms with E-state index in [1.807, 2.05) is 0 Å². The molecule has 2 heteroatoms. The largest absolute Gasteiger partial charge is 0.255 e. The Kier molecular flexibility index (Phi) is 3.87. The van der Waals surface area contributed by atoms with Gasteiger partial charge in [-0.1, -0.05) is 26.7 Å². The first-order valence-corrected chi connectivity index (χ1v) is 4.88. The monoisotopic (exact) mass is 156 g/mol. The van der Waals surface area contributed by atoms with Crippen LogP contribution < -0.4 is 5.43 Å². The molecular formula is C9H20N2. The van der Waals surface area contributed by atoms with E-state index >= 15 is 0 Å². The molecule has 0 aromatic carbocycles. The fourth-order valence-electron chi connectivity index (χ4n) is 1.92. The maximum absolute atomic E-state index is 3.41. The van der Waals surface area contributed by atoms with E-state index in [4.69, 9.17) is 0 Å². The minimum Gasteiger partial charge on any atom is -0.255 e. The second-order valence-electron chi connectivity index (χ2n) is 3.24. The molecular weight excluding hydrogens is 136 g/mol. The molecule has 1 aliphatic carbocycles. The van der Waals surface area contributed by atoms with E-state index < -0.39 is 0 Å². The molecule has 2 nitrogen and oxygen atoms in total. The van der Waals surface area contributed by atoms with Crippen molar-refractivity contribution in [2.24, 2.45) is 0 Å². The molecule has 0 aromatic heterocycles. The first-order chi connectivity index (χ1) is 5.38. The molecule has 0 heterocycles. The zero-order chi connectivity index (χ0) is 8.10. The van der Waals surface area contributed by atoms with Crippen molar-refractivity contribution in [3.63, 3.8) is 0 Å². The summed E-state index contributed by atoms with van der Waals surface area (Å²) in [4.78, 5) is 0. The highest BCUT2D eigenvalue weighted by molar-refractivity contribution is 4.74. The van der Waals surface area contributed by atoms with E-state index in [0.717, 1.165) is 19.1 Å². The van der Waals surface area contributed by atoms with Crippen LogP contribution in [0.15, 0.2) is 0 Å². The molecule has 1 fully saturated rings. The lowest BCUT2D eigenvalue weighted by atomic mass is 10.2. The molecule has 0 aliphatic heterocycles. The van der Waals surface area contributed by atoms with Crippen molar-refractivity contribution in [1.29, 1.82) is 0 Å². The average molecular weight is 156 g/mol. The molecule has 0 unspecified atom stereocenters. The zero-order valence-corrected chi connectivity index (χ0v) is 7.77. The highest BCUT2D eigenvalue weighted by Gasteiger charge is 2.20. The maximum Gasteiger partial charge on any atom is 0.0243 e. The van der Waals surface area contributed by atoms with Gasteiger partial charge in [0.1, 0.15) is 0 Å². The van der Waals surface area contributed by atoms with Gasteiger partial charge in [0.25, 0.3) is 0 Å². The van der Waals surface area contributed by atoms with Gasteiger partial charge >= 0.3 is 0 Å². The summed E-state index contributed by atoms with van der Waals surface area (Å²) in [6.45, 7) is 6.58. The summed E-state index contributed by atoms with van der Waals surface area (Å²) in [6.07, 6.45) is 5.63. The van der Waals surface area contributed by atoms with Crippen LogP contribution in [0.3, 0.4) is 0 Å². The summed E-state index contributed by atoms with van der Waals surface area (Å²) in [7, 11) is 0. The predicted molar refractivity (Wildman–Crippen MR) is 48.3 cm³/mol. The fraction of sp³-hybridized carbons (Fsp3) is 1.00. The van der Waals surface area contributed by atoms with Crippen LogP contribution in [0.5, 0.6) is 0 Å². The third-order valence-corrected chi connectivity index (χ3v) is 2.47. The summed E-state index contributed by atoms with van der Waals surface area (Å²) in [5, 5.41) is 2.40. The van der Waals surface area contributed by atoms with E-state index in [1.165, 1.54) is 25.7 Å². The summed E-state index contributed by atoms with van der Waals surface area (Å²) in [5.74, 6) is 0. The van der Waals surface area contributed by atoms with Crippen molar-refractivity contribution in [3.05, 3.63) is 0 Å². The normalized spacial score (nSPS) is 19.9. The third kappa shape index (κ3) is 2.46. The SMILES string of the molecule is CCNN(CC)C1CCCC1. The molecule has 1 N–H and O–H groups in total. The average Bonchev–Trinajstić information content (AvgIpc) is 2.52. The third-order valence-electron chi connectivity index (χ3n) is 2.47. The lowest BCUT2D eigenvalue weighted by Gasteiger charge is -2.27. The molecule has 11 heavy (non-hydrogen) atoms. The Morgan fingerprint density at radius 1 is 1.27 bits per heavy atom. The van der Waals surface area contributed by atoms with Crippen molar-refractivity contribution >= 4 is 0 Å². The molecule has 1 rings (SSSR count). The van der Waals surface area contributed by atoms with Crippen molar-refractivity contribution < 1.29 is 0 Å². The minimum atomic E-state index is 0.819. The molecule has 0 spiro atoms. The van der Waals surface area contributed by atoms with Crippen LogP contribution in [0, 0.1) is 0 Å². The van der Waals surface area contributed by atoms with Gasteiger partial charge in [0.2, 0.25) is 0 Å². The minimum absolute atomic E-state index is 0.819. The standard InChI is InChI=1S/C9H20N2/c1-3-10-11(4-2)9-7-5-6-8-9/h9-10H,3-8H2,1-2H3. The van der Waals surface area contributed by atoms with Gasteiger partial charge < -0.3 is 0 Å². The maximum atomic E-state index is 3.41. The summed E-state index contributed by atoms with van der Waals surface area (Å²) >= 11 is 0. The highest BCUT2D eigenvalue weighted by atomic mass is 15.5. The first kappa shape index (κ1) is 9.01. The highest BCUT2D eigenvalue weighted by Crippen LogP contribution is 2.21. The number of hydrogen-bond acceptors (Lipinski definition) is 2. The van der Waals surface area contributed by atoms with Crippen LogP contribution in [0.2, 0.25) is 0 Å². The van der Waals surface area contributed by atoms with Gasteiger partial charge in [-0.2, -0.15) is 0 Å². The van der Waals surface area contributed by atoms with Crippen LogP contribution in [-0.2, 0) is 0 Å². The van der Waals surface area contributed by atoms with Crippen molar-refractivity contribution in [3.8, 4) is 0 Å². The summed E-state index contributed by atoms with van der Waals surface area (Å²) < 4.78 is 0.